The summed E-state index contributed by atoms with van der Waals surface area (Å²) in [7, 11) is 0. The number of benzene rings is 9. The van der Waals surface area contributed by atoms with Crippen molar-refractivity contribution >= 4 is 54.2 Å². The van der Waals surface area contributed by atoms with E-state index in [-0.39, 0.29) is 11.8 Å². The molecule has 2 aliphatic rings. The van der Waals surface area contributed by atoms with E-state index in [0.29, 0.717) is 0 Å². The summed E-state index contributed by atoms with van der Waals surface area (Å²) in [5.74, 6) is 0.468. The van der Waals surface area contributed by atoms with Crippen molar-refractivity contribution in [1.82, 2.24) is 0 Å². The van der Waals surface area contributed by atoms with Crippen molar-refractivity contribution in [3.63, 3.8) is 0 Å². The maximum absolute atomic E-state index is 2.52. The fraction of sp³-hybridized carbons (Fsp3) is 0.341. The lowest BCUT2D eigenvalue weighted by Crippen LogP contribution is -2.08. The highest BCUT2D eigenvalue weighted by molar-refractivity contribution is 6.20. The Kier molecular flexibility index (Phi) is 30.0. The molecule has 0 bridgehead atoms. The van der Waals surface area contributed by atoms with Crippen LogP contribution >= 0.6 is 0 Å². The quantitative estimate of drug-likeness (QED) is 0.133. The molecule has 0 N–H and O–H groups in total. The van der Waals surface area contributed by atoms with Gasteiger partial charge in [0, 0.05) is 11.8 Å². The van der Waals surface area contributed by atoms with E-state index in [1.54, 1.807) is 0 Å². The average Bonchev–Trinajstić information content (AvgIpc) is 1.80. The van der Waals surface area contributed by atoms with E-state index in [4.69, 9.17) is 0 Å². The van der Waals surface area contributed by atoms with Crippen LogP contribution in [0.25, 0.3) is 76.5 Å². The summed E-state index contributed by atoms with van der Waals surface area (Å²) in [6, 6.07) is 65.5. The maximum atomic E-state index is 2.52. The molecule has 2 aliphatic carbocycles. The smallest absolute Gasteiger partial charge is 0.00768 e. The van der Waals surface area contributed by atoms with Crippen molar-refractivity contribution in [2.45, 2.75) is 187 Å². The number of rotatable bonds is 8. The fourth-order valence-electron chi connectivity index (χ4n) is 10.8. The highest BCUT2D eigenvalue weighted by Crippen LogP contribution is 2.49. The Balaban J connectivity index is 0.000000605. The SMILES string of the molecule is CC.CC.CC1=CC(c2cc(C)cc(C3=CC(C)=CC(c4c(-c5ccccc5)c5ccccc5c5ccccc45)C3)c2)CC(c2c(-c3ccccc3)c3ccccc3c3ccccc23)=C1.CCC.CCC.CCC.CCCC.CCCC. The first-order valence-electron chi connectivity index (χ1n) is 31.9. The van der Waals surface area contributed by atoms with E-state index in [2.05, 4.69) is 290 Å². The summed E-state index contributed by atoms with van der Waals surface area (Å²) in [6.45, 7) is 36.3. The number of hydrogen-bond acceptors (Lipinski definition) is 0. The van der Waals surface area contributed by atoms with E-state index in [1.165, 1.54) is 160 Å². The summed E-state index contributed by atoms with van der Waals surface area (Å²) in [5.41, 5.74) is 17.5. The van der Waals surface area contributed by atoms with Crippen LogP contribution in [0.1, 0.15) is 208 Å². The second-order valence-electron chi connectivity index (χ2n) is 21.5. The van der Waals surface area contributed by atoms with Gasteiger partial charge in [0.05, 0.1) is 0 Å². The van der Waals surface area contributed by atoms with Crippen LogP contribution in [0.2, 0.25) is 0 Å². The molecule has 0 heterocycles. The summed E-state index contributed by atoms with van der Waals surface area (Å²) >= 11 is 0. The normalized spacial score (nSPS) is 14.0. The first-order valence-corrected chi connectivity index (χ1v) is 31.9. The van der Waals surface area contributed by atoms with Crippen LogP contribution in [0, 0.1) is 6.92 Å². The largest absolute Gasteiger partial charge is 0.0737 e. The number of unbranched alkanes of at least 4 members (excludes halogenated alkanes) is 2. The first-order chi connectivity index (χ1) is 40.1. The molecule has 0 aliphatic heterocycles. The molecule has 2 unspecified atom stereocenters. The minimum atomic E-state index is 0.220. The zero-order chi connectivity index (χ0) is 60.0. The van der Waals surface area contributed by atoms with Gasteiger partial charge in [-0.15, -0.1) is 0 Å². The molecule has 0 saturated heterocycles. The molecule has 11 rings (SSSR count). The molecule has 0 saturated carbocycles. The van der Waals surface area contributed by atoms with Crippen LogP contribution in [0.5, 0.6) is 0 Å². The highest BCUT2D eigenvalue weighted by Gasteiger charge is 2.27. The standard InChI is InChI=1S/C61H48.2C4H10.3C3H8.2C2H6/c1-39-30-44(46-32-40(2)34-48(37-46)60-56-28-16-12-24-52(56)50-22-10-14-26-54(50)58(60)42-18-6-4-7-19-42)36-45(31-39)47-33-41(3)35-49(38-47)61-57-29-17-13-25-53(57)51-23-11-15-27-55(51)59(61)43-20-8-5-9-21-43;2*1-3-4-2;3*1-3-2;2*1-2/h4-36,46,49H,37-38H2,1-3H3;2*3-4H2,1-2H3;3*3H2,1-2H3;2*1-2H3. The van der Waals surface area contributed by atoms with Crippen molar-refractivity contribution in [1.29, 1.82) is 0 Å². The summed E-state index contributed by atoms with van der Waals surface area (Å²) < 4.78 is 0. The van der Waals surface area contributed by atoms with Gasteiger partial charge in [0.25, 0.3) is 0 Å². The van der Waals surface area contributed by atoms with Crippen molar-refractivity contribution < 1.29 is 0 Å². The highest BCUT2D eigenvalue weighted by atomic mass is 14.3. The minimum absolute atomic E-state index is 0.220. The molecule has 82 heavy (non-hydrogen) atoms. The van der Waals surface area contributed by atoms with Gasteiger partial charge in [0.15, 0.2) is 0 Å². The van der Waals surface area contributed by atoms with Gasteiger partial charge in [-0.25, -0.2) is 0 Å². The van der Waals surface area contributed by atoms with Crippen LogP contribution in [-0.2, 0) is 0 Å². The first kappa shape index (κ1) is 67.5. The third-order valence-electron chi connectivity index (χ3n) is 14.2. The van der Waals surface area contributed by atoms with E-state index in [0.717, 1.165) is 12.8 Å². The van der Waals surface area contributed by atoms with E-state index in [9.17, 15) is 0 Å². The van der Waals surface area contributed by atoms with Crippen molar-refractivity contribution in [3.05, 3.63) is 239 Å². The van der Waals surface area contributed by atoms with E-state index >= 15 is 0 Å². The number of fused-ring (bicyclic) bond motifs is 6. The Morgan fingerprint density at radius 3 is 1.09 bits per heavy atom. The predicted molar refractivity (Wildman–Crippen MR) is 375 cm³/mol. The zero-order valence-electron chi connectivity index (χ0n) is 54.1. The molecule has 0 nitrogen and oxygen atoms in total. The third-order valence-corrected chi connectivity index (χ3v) is 14.2. The topological polar surface area (TPSA) is 0 Å². The van der Waals surface area contributed by atoms with Gasteiger partial charge in [0.2, 0.25) is 0 Å². The molecule has 432 valence electrons. The van der Waals surface area contributed by atoms with Gasteiger partial charge < -0.3 is 0 Å². The molecule has 9 aromatic carbocycles. The minimum Gasteiger partial charge on any atom is -0.0737 e. The molecule has 0 amide bonds. The van der Waals surface area contributed by atoms with Gasteiger partial charge in [-0.1, -0.05) is 359 Å². The van der Waals surface area contributed by atoms with Crippen molar-refractivity contribution in [3.8, 4) is 22.3 Å². The van der Waals surface area contributed by atoms with Crippen LogP contribution in [-0.4, -0.2) is 0 Å². The van der Waals surface area contributed by atoms with Gasteiger partial charge >= 0.3 is 0 Å². The summed E-state index contributed by atoms with van der Waals surface area (Å²) in [6.07, 6.45) is 20.8. The Morgan fingerprint density at radius 2 is 0.646 bits per heavy atom. The lowest BCUT2D eigenvalue weighted by atomic mass is 9.75. The molecule has 0 radical (unpaired) electrons. The Labute approximate surface area is 500 Å². The van der Waals surface area contributed by atoms with Crippen LogP contribution in [0.15, 0.2) is 211 Å². The molecule has 9 aromatic rings. The van der Waals surface area contributed by atoms with E-state index in [1.807, 2.05) is 27.7 Å². The van der Waals surface area contributed by atoms with Gasteiger partial charge in [-0.2, -0.15) is 0 Å². The molecule has 0 heteroatoms. The second-order valence-corrected chi connectivity index (χ2v) is 21.5. The number of allylic oxidation sites excluding steroid dienone is 8. The second kappa shape index (κ2) is 36.4. The third kappa shape index (κ3) is 17.5. The fourth-order valence-corrected chi connectivity index (χ4v) is 10.8. The lowest BCUT2D eigenvalue weighted by Gasteiger charge is -2.28. The summed E-state index contributed by atoms with van der Waals surface area (Å²) in [4.78, 5) is 0. The predicted octanol–water partition coefficient (Wildman–Crippen LogP) is 26.9. The van der Waals surface area contributed by atoms with Gasteiger partial charge in [-0.3, -0.25) is 0 Å². The number of aryl methyl sites for hydroxylation is 1. The van der Waals surface area contributed by atoms with Crippen LogP contribution in [0.3, 0.4) is 0 Å². The van der Waals surface area contributed by atoms with E-state index < -0.39 is 0 Å². The zero-order valence-corrected chi connectivity index (χ0v) is 54.1. The molecule has 0 spiro atoms. The van der Waals surface area contributed by atoms with Gasteiger partial charge in [0.1, 0.15) is 0 Å². The Hall–Kier alpha value is -7.02. The molecular formula is C82H104. The molecule has 2 atom stereocenters. The molecular weight excluding hydrogens is 985 g/mol. The molecule has 0 fully saturated rings. The Bertz CT molecular complexity index is 3430. The maximum Gasteiger partial charge on any atom is 0.00768 e. The summed E-state index contributed by atoms with van der Waals surface area (Å²) in [5, 5.41) is 10.5. The Morgan fingerprint density at radius 1 is 0.317 bits per heavy atom. The van der Waals surface area contributed by atoms with Crippen LogP contribution in [0.4, 0.5) is 0 Å². The van der Waals surface area contributed by atoms with Crippen molar-refractivity contribution in [2.75, 3.05) is 0 Å². The average molecular weight is 1090 g/mol. The number of hydrogen-bond donors (Lipinski definition) is 0. The van der Waals surface area contributed by atoms with Gasteiger partial charge in [-0.05, 0) is 132 Å². The van der Waals surface area contributed by atoms with Crippen LogP contribution < -0.4 is 0 Å². The van der Waals surface area contributed by atoms with Crippen molar-refractivity contribution in [2.24, 2.45) is 0 Å². The lowest BCUT2D eigenvalue weighted by molar-refractivity contribution is 0.851. The monoisotopic (exact) mass is 1090 g/mol. The molecule has 0 aromatic heterocycles.